The van der Waals surface area contributed by atoms with Crippen molar-refractivity contribution in [3.05, 3.63) is 0 Å². The maximum atomic E-state index is 10.3. The summed E-state index contributed by atoms with van der Waals surface area (Å²) in [6.07, 6.45) is 4.27. The smallest absolute Gasteiger partial charge is 0.163 e. The van der Waals surface area contributed by atoms with Crippen LogP contribution < -0.4 is 0 Å². The second kappa shape index (κ2) is 3.87. The number of aliphatic hydroxyl groups is 1. The minimum absolute atomic E-state index is 0.323. The van der Waals surface area contributed by atoms with Crippen LogP contribution in [0.1, 0.15) is 32.6 Å². The summed E-state index contributed by atoms with van der Waals surface area (Å²) in [5, 5.41) is 10.3. The average molecular weight is 365 g/mol. The van der Waals surface area contributed by atoms with E-state index >= 15 is 0 Å². The standard InChI is InChI=1S/C8H13Br3O/c1-6-4-2-3-5-7(6,12)8(9,10)11/h6,12H,2-5H2,1H3/t6-,7+/m0/s1. The van der Waals surface area contributed by atoms with E-state index in [4.69, 9.17) is 0 Å². The van der Waals surface area contributed by atoms with Gasteiger partial charge < -0.3 is 5.11 Å². The molecular formula is C8H13Br3O. The maximum Gasteiger partial charge on any atom is 0.163 e. The lowest BCUT2D eigenvalue weighted by Crippen LogP contribution is -2.49. The highest BCUT2D eigenvalue weighted by molar-refractivity contribution is 9.39. The minimum Gasteiger partial charge on any atom is -0.386 e. The molecule has 1 saturated carbocycles. The molecule has 4 heteroatoms. The van der Waals surface area contributed by atoms with Crippen LogP contribution in [-0.2, 0) is 0 Å². The Balaban J connectivity index is 2.79. The summed E-state index contributed by atoms with van der Waals surface area (Å²) in [4.78, 5) is 0. The average Bonchev–Trinajstić information content (AvgIpc) is 1.93. The van der Waals surface area contributed by atoms with E-state index < -0.39 is 7.74 Å². The molecule has 0 saturated heterocycles. The van der Waals surface area contributed by atoms with E-state index in [0.29, 0.717) is 5.92 Å². The molecule has 1 nitrogen and oxygen atoms in total. The second-order valence-electron chi connectivity index (χ2n) is 3.57. The predicted molar refractivity (Wildman–Crippen MR) is 62.1 cm³/mol. The maximum absolute atomic E-state index is 10.3. The molecule has 1 fully saturated rings. The first-order valence-corrected chi connectivity index (χ1v) is 6.55. The van der Waals surface area contributed by atoms with Gasteiger partial charge in [0.2, 0.25) is 0 Å². The van der Waals surface area contributed by atoms with Gasteiger partial charge in [-0.25, -0.2) is 0 Å². The Morgan fingerprint density at radius 3 is 2.25 bits per heavy atom. The van der Waals surface area contributed by atoms with Crippen LogP contribution in [0.15, 0.2) is 0 Å². The molecule has 2 atom stereocenters. The summed E-state index contributed by atoms with van der Waals surface area (Å²) in [6.45, 7) is 2.09. The lowest BCUT2D eigenvalue weighted by Gasteiger charge is -2.43. The number of alkyl halides is 3. The zero-order chi connectivity index (χ0) is 9.41. The van der Waals surface area contributed by atoms with Crippen LogP contribution in [0.4, 0.5) is 0 Å². The van der Waals surface area contributed by atoms with Gasteiger partial charge in [-0.2, -0.15) is 0 Å². The molecule has 1 aliphatic rings. The van der Waals surface area contributed by atoms with Gasteiger partial charge in [-0.15, -0.1) is 0 Å². The fourth-order valence-electron chi connectivity index (χ4n) is 1.75. The van der Waals surface area contributed by atoms with Crippen LogP contribution in [0.25, 0.3) is 0 Å². The summed E-state index contributed by atoms with van der Waals surface area (Å²) in [7, 11) is 0. The summed E-state index contributed by atoms with van der Waals surface area (Å²) in [5.74, 6) is 0.323. The molecule has 12 heavy (non-hydrogen) atoms. The molecule has 0 heterocycles. The van der Waals surface area contributed by atoms with Crippen LogP contribution in [0.2, 0.25) is 0 Å². The number of halogens is 3. The molecule has 0 amide bonds. The summed E-state index contributed by atoms with van der Waals surface area (Å²) in [6, 6.07) is 0. The molecular weight excluding hydrogens is 352 g/mol. The lowest BCUT2D eigenvalue weighted by molar-refractivity contribution is -0.0287. The third-order valence-electron chi connectivity index (χ3n) is 2.75. The van der Waals surface area contributed by atoms with Gasteiger partial charge in [0.15, 0.2) is 2.14 Å². The molecule has 0 unspecified atom stereocenters. The minimum atomic E-state index is -0.675. The topological polar surface area (TPSA) is 20.2 Å². The van der Waals surface area contributed by atoms with E-state index in [9.17, 15) is 5.11 Å². The third kappa shape index (κ3) is 2.07. The van der Waals surface area contributed by atoms with E-state index in [0.717, 1.165) is 19.3 Å². The molecule has 0 spiro atoms. The highest BCUT2D eigenvalue weighted by Crippen LogP contribution is 2.52. The molecule has 1 rings (SSSR count). The van der Waals surface area contributed by atoms with Gasteiger partial charge in [-0.1, -0.05) is 67.6 Å². The van der Waals surface area contributed by atoms with Crippen LogP contribution in [0, 0.1) is 5.92 Å². The summed E-state index contributed by atoms with van der Waals surface area (Å²) >= 11 is 10.3. The zero-order valence-corrected chi connectivity index (χ0v) is 11.7. The third-order valence-corrected chi connectivity index (χ3v) is 4.81. The van der Waals surface area contributed by atoms with E-state index in [2.05, 4.69) is 54.7 Å². The second-order valence-corrected chi connectivity index (χ2v) is 10.3. The van der Waals surface area contributed by atoms with Crippen molar-refractivity contribution in [2.24, 2.45) is 5.92 Å². The van der Waals surface area contributed by atoms with Crippen molar-refractivity contribution < 1.29 is 5.11 Å². The Morgan fingerprint density at radius 1 is 1.33 bits per heavy atom. The first-order chi connectivity index (χ1) is 5.38. The molecule has 0 radical (unpaired) electrons. The Morgan fingerprint density at radius 2 is 1.92 bits per heavy atom. The number of rotatable bonds is 0. The molecule has 0 aromatic heterocycles. The van der Waals surface area contributed by atoms with Gasteiger partial charge in [0.25, 0.3) is 0 Å². The summed E-state index contributed by atoms with van der Waals surface area (Å²) in [5.41, 5.74) is -0.675. The van der Waals surface area contributed by atoms with Crippen LogP contribution in [0.3, 0.4) is 0 Å². The van der Waals surface area contributed by atoms with Crippen LogP contribution in [-0.4, -0.2) is 12.9 Å². The van der Waals surface area contributed by atoms with Crippen LogP contribution >= 0.6 is 47.8 Å². The lowest BCUT2D eigenvalue weighted by atomic mass is 9.78. The molecule has 0 aromatic carbocycles. The van der Waals surface area contributed by atoms with Crippen LogP contribution in [0.5, 0.6) is 0 Å². The highest BCUT2D eigenvalue weighted by atomic mass is 80.0. The van der Waals surface area contributed by atoms with Gasteiger partial charge in [0.05, 0.1) is 0 Å². The van der Waals surface area contributed by atoms with Gasteiger partial charge in [-0.05, 0) is 18.8 Å². The zero-order valence-electron chi connectivity index (χ0n) is 6.99. The molecule has 72 valence electrons. The molecule has 0 bridgehead atoms. The monoisotopic (exact) mass is 362 g/mol. The van der Waals surface area contributed by atoms with Crippen molar-refractivity contribution in [3.63, 3.8) is 0 Å². The van der Waals surface area contributed by atoms with E-state index in [1.54, 1.807) is 0 Å². The molecule has 1 aliphatic carbocycles. The van der Waals surface area contributed by atoms with E-state index in [1.807, 2.05) is 0 Å². The fourth-order valence-corrected chi connectivity index (χ4v) is 3.52. The molecule has 0 aliphatic heterocycles. The van der Waals surface area contributed by atoms with Gasteiger partial charge in [-0.3, -0.25) is 0 Å². The predicted octanol–water partition coefficient (Wildman–Crippen LogP) is 3.77. The van der Waals surface area contributed by atoms with Crippen molar-refractivity contribution in [1.29, 1.82) is 0 Å². The number of hydrogen-bond donors (Lipinski definition) is 1. The van der Waals surface area contributed by atoms with Gasteiger partial charge >= 0.3 is 0 Å². The number of hydrogen-bond acceptors (Lipinski definition) is 1. The Labute approximate surface area is 98.7 Å². The Kier molecular flexibility index (Phi) is 3.70. The summed E-state index contributed by atoms with van der Waals surface area (Å²) < 4.78 is -0.528. The highest BCUT2D eigenvalue weighted by Gasteiger charge is 2.49. The van der Waals surface area contributed by atoms with Crippen molar-refractivity contribution in [2.45, 2.75) is 40.4 Å². The van der Waals surface area contributed by atoms with E-state index in [1.165, 1.54) is 6.42 Å². The molecule has 0 aromatic rings. The van der Waals surface area contributed by atoms with Gasteiger partial charge in [0, 0.05) is 0 Å². The largest absolute Gasteiger partial charge is 0.386 e. The first kappa shape index (κ1) is 11.5. The molecule has 1 N–H and O–H groups in total. The first-order valence-electron chi connectivity index (χ1n) is 4.17. The Hall–Kier alpha value is 1.40. The van der Waals surface area contributed by atoms with E-state index in [-0.39, 0.29) is 0 Å². The quantitative estimate of drug-likeness (QED) is 0.649. The fraction of sp³-hybridized carbons (Fsp3) is 1.00. The van der Waals surface area contributed by atoms with Crippen molar-refractivity contribution in [1.82, 2.24) is 0 Å². The Bertz CT molecular complexity index is 166. The van der Waals surface area contributed by atoms with Crippen molar-refractivity contribution >= 4 is 47.8 Å². The van der Waals surface area contributed by atoms with Crippen molar-refractivity contribution in [3.8, 4) is 0 Å². The van der Waals surface area contributed by atoms with Crippen molar-refractivity contribution in [2.75, 3.05) is 0 Å². The van der Waals surface area contributed by atoms with Gasteiger partial charge in [0.1, 0.15) is 5.60 Å². The normalized spacial score (nSPS) is 38.2. The SMILES string of the molecule is C[C@H]1CCCC[C@]1(O)C(Br)(Br)Br.